The number of carbonyl (C=O) groups is 1. The van der Waals surface area contributed by atoms with E-state index in [0.29, 0.717) is 6.42 Å². The molecule has 1 aromatic rings. The van der Waals surface area contributed by atoms with Crippen LogP contribution >= 0.6 is 15.9 Å². The van der Waals surface area contributed by atoms with Crippen molar-refractivity contribution in [3.05, 3.63) is 34.3 Å². The highest BCUT2D eigenvalue weighted by Gasteiger charge is 2.29. The van der Waals surface area contributed by atoms with Crippen molar-refractivity contribution in [2.24, 2.45) is 5.92 Å². The summed E-state index contributed by atoms with van der Waals surface area (Å²) in [6.07, 6.45) is 2.82. The number of aliphatic hydroxyl groups excluding tert-OH is 1. The van der Waals surface area contributed by atoms with Gasteiger partial charge in [0.2, 0.25) is 0 Å². The third kappa shape index (κ3) is 2.53. The molecule has 2 nitrogen and oxygen atoms in total. The van der Waals surface area contributed by atoms with Crippen LogP contribution in [0.1, 0.15) is 37.4 Å². The molecule has 1 fully saturated rings. The van der Waals surface area contributed by atoms with E-state index in [1.807, 2.05) is 24.3 Å². The van der Waals surface area contributed by atoms with Crippen molar-refractivity contribution in [2.45, 2.75) is 31.8 Å². The first-order valence-corrected chi connectivity index (χ1v) is 6.44. The second-order valence-electron chi connectivity index (χ2n) is 4.31. The lowest BCUT2D eigenvalue weighted by atomic mass is 9.82. The van der Waals surface area contributed by atoms with E-state index in [0.717, 1.165) is 29.3 Å². The van der Waals surface area contributed by atoms with E-state index in [2.05, 4.69) is 15.9 Å². The lowest BCUT2D eigenvalue weighted by Crippen LogP contribution is -2.25. The molecule has 1 unspecified atom stereocenters. The number of halogens is 1. The molecule has 86 valence electrons. The van der Waals surface area contributed by atoms with Gasteiger partial charge in [0.1, 0.15) is 5.78 Å². The molecule has 0 bridgehead atoms. The molecule has 2 atom stereocenters. The van der Waals surface area contributed by atoms with Crippen LogP contribution in [0.2, 0.25) is 0 Å². The summed E-state index contributed by atoms with van der Waals surface area (Å²) < 4.78 is 0.985. The standard InChI is InChI=1S/C13H15BrO2/c14-10-7-5-9(6-8-10)13(16)11-3-1-2-4-12(11)15/h5-8,11,13,16H,1-4H2/t11?,13-/m0/s1. The molecule has 16 heavy (non-hydrogen) atoms. The topological polar surface area (TPSA) is 37.3 Å². The molecular formula is C13H15BrO2. The minimum atomic E-state index is -0.638. The van der Waals surface area contributed by atoms with E-state index in [1.54, 1.807) is 0 Å². The zero-order valence-corrected chi connectivity index (χ0v) is 10.6. The summed E-state index contributed by atoms with van der Waals surface area (Å²) in [4.78, 5) is 11.7. The van der Waals surface area contributed by atoms with E-state index in [9.17, 15) is 9.90 Å². The summed E-state index contributed by atoms with van der Waals surface area (Å²) in [7, 11) is 0. The fourth-order valence-corrected chi connectivity index (χ4v) is 2.50. The molecule has 0 radical (unpaired) electrons. The van der Waals surface area contributed by atoms with Crippen molar-refractivity contribution in [3.63, 3.8) is 0 Å². The maximum Gasteiger partial charge on any atom is 0.138 e. The summed E-state index contributed by atoms with van der Waals surface area (Å²) in [5.74, 6) is 0.0107. The van der Waals surface area contributed by atoms with Crippen LogP contribution in [0.15, 0.2) is 28.7 Å². The SMILES string of the molecule is O=C1CCCCC1[C@@H](O)c1ccc(Br)cc1. The molecule has 0 amide bonds. The number of hydrogen-bond acceptors (Lipinski definition) is 2. The van der Waals surface area contributed by atoms with E-state index < -0.39 is 6.10 Å². The average Bonchev–Trinajstić information content (AvgIpc) is 2.30. The average molecular weight is 283 g/mol. The van der Waals surface area contributed by atoms with E-state index >= 15 is 0 Å². The highest BCUT2D eigenvalue weighted by molar-refractivity contribution is 9.10. The van der Waals surface area contributed by atoms with E-state index in [-0.39, 0.29) is 11.7 Å². The predicted molar refractivity (Wildman–Crippen MR) is 66.1 cm³/mol. The Morgan fingerprint density at radius 1 is 1.25 bits per heavy atom. The molecule has 0 saturated heterocycles. The Morgan fingerprint density at radius 3 is 2.56 bits per heavy atom. The number of aliphatic hydroxyl groups is 1. The zero-order valence-electron chi connectivity index (χ0n) is 9.03. The molecule has 1 aliphatic rings. The second-order valence-corrected chi connectivity index (χ2v) is 5.23. The van der Waals surface area contributed by atoms with Crippen molar-refractivity contribution in [1.82, 2.24) is 0 Å². The molecule has 1 aromatic carbocycles. The molecule has 2 rings (SSSR count). The van der Waals surface area contributed by atoms with Gasteiger partial charge in [-0.15, -0.1) is 0 Å². The number of benzene rings is 1. The summed E-state index contributed by atoms with van der Waals surface area (Å²) in [5, 5.41) is 10.2. The summed E-state index contributed by atoms with van der Waals surface area (Å²) in [6.45, 7) is 0. The minimum Gasteiger partial charge on any atom is -0.388 e. The first-order valence-electron chi connectivity index (χ1n) is 5.65. The van der Waals surface area contributed by atoms with Gasteiger partial charge in [0.25, 0.3) is 0 Å². The maximum absolute atomic E-state index is 11.7. The lowest BCUT2D eigenvalue weighted by Gasteiger charge is -2.25. The van der Waals surface area contributed by atoms with Gasteiger partial charge in [-0.2, -0.15) is 0 Å². The molecule has 0 heterocycles. The van der Waals surface area contributed by atoms with Gasteiger partial charge in [-0.1, -0.05) is 34.5 Å². The third-order valence-corrected chi connectivity index (χ3v) is 3.72. The molecule has 0 aliphatic heterocycles. The van der Waals surface area contributed by atoms with Crippen LogP contribution < -0.4 is 0 Å². The van der Waals surface area contributed by atoms with Gasteiger partial charge >= 0.3 is 0 Å². The Balaban J connectivity index is 2.14. The van der Waals surface area contributed by atoms with Gasteiger partial charge in [-0.25, -0.2) is 0 Å². The largest absolute Gasteiger partial charge is 0.388 e. The van der Waals surface area contributed by atoms with Crippen molar-refractivity contribution in [3.8, 4) is 0 Å². The van der Waals surface area contributed by atoms with Gasteiger partial charge < -0.3 is 5.11 Å². The van der Waals surface area contributed by atoms with Crippen LogP contribution in [-0.2, 0) is 4.79 Å². The summed E-state index contributed by atoms with van der Waals surface area (Å²) in [5.41, 5.74) is 0.837. The fourth-order valence-electron chi connectivity index (χ4n) is 2.24. The van der Waals surface area contributed by atoms with Crippen molar-refractivity contribution in [2.75, 3.05) is 0 Å². The van der Waals surface area contributed by atoms with Gasteiger partial charge in [0.05, 0.1) is 6.10 Å². The van der Waals surface area contributed by atoms with Crippen LogP contribution in [0.5, 0.6) is 0 Å². The molecule has 0 spiro atoms. The molecule has 0 aromatic heterocycles. The van der Waals surface area contributed by atoms with Crippen LogP contribution in [-0.4, -0.2) is 10.9 Å². The Kier molecular flexibility index (Phi) is 3.77. The molecule has 1 saturated carbocycles. The van der Waals surface area contributed by atoms with Crippen LogP contribution in [0.25, 0.3) is 0 Å². The molecule has 3 heteroatoms. The lowest BCUT2D eigenvalue weighted by molar-refractivity contribution is -0.128. The Morgan fingerprint density at radius 2 is 1.94 bits per heavy atom. The maximum atomic E-state index is 11.7. The number of Topliss-reactive ketones (excluding diaryl/α,β-unsaturated/α-hetero) is 1. The van der Waals surface area contributed by atoms with Crippen LogP contribution in [0.4, 0.5) is 0 Å². The molecular weight excluding hydrogens is 268 g/mol. The van der Waals surface area contributed by atoms with Crippen molar-refractivity contribution >= 4 is 21.7 Å². The zero-order chi connectivity index (χ0) is 11.5. The Labute approximate surface area is 104 Å². The monoisotopic (exact) mass is 282 g/mol. The second kappa shape index (κ2) is 5.11. The molecule has 1 N–H and O–H groups in total. The Hall–Kier alpha value is -0.670. The smallest absolute Gasteiger partial charge is 0.138 e. The van der Waals surface area contributed by atoms with Crippen LogP contribution in [0, 0.1) is 5.92 Å². The Bertz CT molecular complexity index is 372. The summed E-state index contributed by atoms with van der Waals surface area (Å²) in [6, 6.07) is 7.53. The highest BCUT2D eigenvalue weighted by atomic mass is 79.9. The minimum absolute atomic E-state index is 0.199. The number of hydrogen-bond donors (Lipinski definition) is 1. The predicted octanol–water partition coefficient (Wildman–Crippen LogP) is 3.24. The van der Waals surface area contributed by atoms with Crippen molar-refractivity contribution in [1.29, 1.82) is 0 Å². The van der Waals surface area contributed by atoms with Gasteiger partial charge in [-0.05, 0) is 30.5 Å². The van der Waals surface area contributed by atoms with Gasteiger partial charge in [-0.3, -0.25) is 4.79 Å². The van der Waals surface area contributed by atoms with E-state index in [4.69, 9.17) is 0 Å². The van der Waals surface area contributed by atoms with Gasteiger partial charge in [0.15, 0.2) is 0 Å². The fraction of sp³-hybridized carbons (Fsp3) is 0.462. The number of rotatable bonds is 2. The quantitative estimate of drug-likeness (QED) is 0.904. The first-order chi connectivity index (χ1) is 7.68. The van der Waals surface area contributed by atoms with E-state index in [1.165, 1.54) is 0 Å². The summed E-state index contributed by atoms with van der Waals surface area (Å²) >= 11 is 3.35. The highest BCUT2D eigenvalue weighted by Crippen LogP contribution is 2.32. The normalized spacial score (nSPS) is 23.1. The third-order valence-electron chi connectivity index (χ3n) is 3.19. The van der Waals surface area contributed by atoms with Crippen LogP contribution in [0.3, 0.4) is 0 Å². The van der Waals surface area contributed by atoms with Gasteiger partial charge in [0, 0.05) is 16.8 Å². The first kappa shape index (κ1) is 11.8. The molecule has 1 aliphatic carbocycles. The number of carbonyl (C=O) groups excluding carboxylic acids is 1. The number of ketones is 1. The van der Waals surface area contributed by atoms with Crippen molar-refractivity contribution < 1.29 is 9.90 Å².